The van der Waals surface area contributed by atoms with Crippen LogP contribution in [-0.2, 0) is 7.05 Å². The summed E-state index contributed by atoms with van der Waals surface area (Å²) >= 11 is 0. The summed E-state index contributed by atoms with van der Waals surface area (Å²) in [6.45, 7) is 6.37. The topological polar surface area (TPSA) is 67.4 Å². The Hall–Kier alpha value is -1.40. The van der Waals surface area contributed by atoms with E-state index in [2.05, 4.69) is 16.9 Å². The van der Waals surface area contributed by atoms with E-state index < -0.39 is 0 Å². The van der Waals surface area contributed by atoms with Crippen LogP contribution in [0, 0.1) is 0 Å². The molecular weight excluding hydrogens is 254 g/mol. The van der Waals surface area contributed by atoms with Crippen LogP contribution in [0.3, 0.4) is 0 Å². The van der Waals surface area contributed by atoms with E-state index in [0.29, 0.717) is 11.6 Å². The Labute approximate surface area is 120 Å². The Morgan fingerprint density at radius 2 is 2.10 bits per heavy atom. The summed E-state index contributed by atoms with van der Waals surface area (Å²) in [5, 5.41) is 4.06. The molecule has 0 radical (unpaired) electrons. The Morgan fingerprint density at radius 1 is 1.40 bits per heavy atom. The van der Waals surface area contributed by atoms with Gasteiger partial charge < -0.3 is 10.6 Å². The average Bonchev–Trinajstić information content (AvgIpc) is 2.91. The number of carbonyl (C=O) groups is 1. The fraction of sp³-hybridized carbons (Fsp3) is 0.714. The molecule has 1 aliphatic rings. The molecule has 0 saturated carbocycles. The molecule has 2 rings (SSSR count). The van der Waals surface area contributed by atoms with Crippen molar-refractivity contribution in [2.45, 2.75) is 25.8 Å². The largest absolute Gasteiger partial charge is 0.336 e. The first kappa shape index (κ1) is 15.0. The molecule has 1 amide bonds. The van der Waals surface area contributed by atoms with Crippen molar-refractivity contribution in [1.82, 2.24) is 19.6 Å². The number of hydrogen-bond donors (Lipinski definition) is 1. The van der Waals surface area contributed by atoms with Crippen LogP contribution in [0.2, 0.25) is 0 Å². The van der Waals surface area contributed by atoms with Crippen molar-refractivity contribution in [3.05, 3.63) is 18.0 Å². The monoisotopic (exact) mass is 279 g/mol. The first-order valence-electron chi connectivity index (χ1n) is 7.37. The molecule has 1 aliphatic heterocycles. The molecule has 0 aliphatic carbocycles. The molecule has 0 spiro atoms. The minimum absolute atomic E-state index is 0.0876. The lowest BCUT2D eigenvalue weighted by atomic mass is 10.1. The molecule has 1 fully saturated rings. The fourth-order valence-electron chi connectivity index (χ4n) is 2.84. The lowest BCUT2D eigenvalue weighted by Crippen LogP contribution is -2.52. The number of aromatic nitrogens is 2. The van der Waals surface area contributed by atoms with Crippen LogP contribution >= 0.6 is 0 Å². The van der Waals surface area contributed by atoms with E-state index >= 15 is 0 Å². The van der Waals surface area contributed by atoms with E-state index in [0.717, 1.165) is 45.6 Å². The maximum absolute atomic E-state index is 12.3. The number of aryl methyl sites for hydroxylation is 1. The molecule has 0 bridgehead atoms. The molecule has 1 saturated heterocycles. The normalized spacial score (nSPS) is 18.2. The van der Waals surface area contributed by atoms with Crippen molar-refractivity contribution in [2.24, 2.45) is 12.8 Å². The molecule has 1 atom stereocenters. The molecular formula is C14H25N5O. The van der Waals surface area contributed by atoms with Crippen molar-refractivity contribution in [3.63, 3.8) is 0 Å². The summed E-state index contributed by atoms with van der Waals surface area (Å²) in [5.74, 6) is 0.0876. The van der Waals surface area contributed by atoms with Gasteiger partial charge in [0.2, 0.25) is 0 Å². The van der Waals surface area contributed by atoms with Gasteiger partial charge in [-0.25, -0.2) is 0 Å². The van der Waals surface area contributed by atoms with Crippen molar-refractivity contribution in [3.8, 4) is 0 Å². The molecule has 1 unspecified atom stereocenters. The average molecular weight is 279 g/mol. The van der Waals surface area contributed by atoms with Gasteiger partial charge in [0.25, 0.3) is 5.91 Å². The highest BCUT2D eigenvalue weighted by molar-refractivity contribution is 5.93. The van der Waals surface area contributed by atoms with Gasteiger partial charge in [-0.05, 0) is 19.4 Å². The van der Waals surface area contributed by atoms with E-state index in [9.17, 15) is 4.79 Å². The Morgan fingerprint density at radius 3 is 2.60 bits per heavy atom. The number of rotatable bonds is 5. The predicted molar refractivity (Wildman–Crippen MR) is 78.4 cm³/mol. The molecule has 6 nitrogen and oxygen atoms in total. The molecule has 0 aromatic carbocycles. The molecule has 1 aromatic heterocycles. The standard InChI is InChI=1S/C14H25N5O/c1-3-13(4-5-15)18-6-8-19(9-7-18)14(20)12-10-16-17(2)11-12/h10-11,13H,3-9,15H2,1-2H3. The van der Waals surface area contributed by atoms with Gasteiger partial charge in [-0.2, -0.15) is 5.10 Å². The SMILES string of the molecule is CCC(CCN)N1CCN(C(=O)c2cnn(C)c2)CC1. The van der Waals surface area contributed by atoms with E-state index in [1.54, 1.807) is 17.1 Å². The highest BCUT2D eigenvalue weighted by atomic mass is 16.2. The second-order valence-corrected chi connectivity index (χ2v) is 5.37. The highest BCUT2D eigenvalue weighted by Gasteiger charge is 2.25. The van der Waals surface area contributed by atoms with Gasteiger partial charge in [-0.15, -0.1) is 0 Å². The van der Waals surface area contributed by atoms with E-state index in [1.807, 2.05) is 11.9 Å². The number of hydrogen-bond acceptors (Lipinski definition) is 4. The first-order valence-corrected chi connectivity index (χ1v) is 7.37. The van der Waals surface area contributed by atoms with Crippen LogP contribution in [0.15, 0.2) is 12.4 Å². The Kier molecular flexibility index (Phi) is 5.14. The van der Waals surface area contributed by atoms with Crippen LogP contribution < -0.4 is 5.73 Å². The lowest BCUT2D eigenvalue weighted by Gasteiger charge is -2.39. The second kappa shape index (κ2) is 6.85. The van der Waals surface area contributed by atoms with E-state index in [-0.39, 0.29) is 5.91 Å². The summed E-state index contributed by atoms with van der Waals surface area (Å²) in [6.07, 6.45) is 5.57. The molecule has 2 N–H and O–H groups in total. The van der Waals surface area contributed by atoms with Crippen LogP contribution in [0.5, 0.6) is 0 Å². The summed E-state index contributed by atoms with van der Waals surface area (Å²) in [7, 11) is 1.83. The van der Waals surface area contributed by atoms with Gasteiger partial charge in [-0.1, -0.05) is 6.92 Å². The zero-order valence-electron chi connectivity index (χ0n) is 12.5. The highest BCUT2D eigenvalue weighted by Crippen LogP contribution is 2.13. The fourth-order valence-corrected chi connectivity index (χ4v) is 2.84. The van der Waals surface area contributed by atoms with Crippen molar-refractivity contribution in [2.75, 3.05) is 32.7 Å². The number of piperazine rings is 1. The number of carbonyl (C=O) groups excluding carboxylic acids is 1. The maximum Gasteiger partial charge on any atom is 0.257 e. The van der Waals surface area contributed by atoms with Gasteiger partial charge >= 0.3 is 0 Å². The number of amides is 1. The van der Waals surface area contributed by atoms with Crippen LogP contribution in [-0.4, -0.2) is 64.3 Å². The number of nitrogens with zero attached hydrogens (tertiary/aromatic N) is 4. The summed E-state index contributed by atoms with van der Waals surface area (Å²) in [4.78, 5) is 16.7. The first-order chi connectivity index (χ1) is 9.65. The minimum atomic E-state index is 0.0876. The van der Waals surface area contributed by atoms with Crippen LogP contribution in [0.1, 0.15) is 30.1 Å². The predicted octanol–water partition coefficient (Wildman–Crippen LogP) is 0.305. The second-order valence-electron chi connectivity index (χ2n) is 5.37. The zero-order chi connectivity index (χ0) is 14.5. The molecule has 20 heavy (non-hydrogen) atoms. The molecule has 2 heterocycles. The van der Waals surface area contributed by atoms with Crippen molar-refractivity contribution < 1.29 is 4.79 Å². The quantitative estimate of drug-likeness (QED) is 0.842. The Balaban J connectivity index is 1.89. The third-order valence-corrected chi connectivity index (χ3v) is 4.04. The van der Waals surface area contributed by atoms with Gasteiger partial charge in [0, 0.05) is 45.5 Å². The molecule has 6 heteroatoms. The molecule has 1 aromatic rings. The molecule has 112 valence electrons. The summed E-state index contributed by atoms with van der Waals surface area (Å²) in [6, 6.07) is 0.552. The van der Waals surface area contributed by atoms with Crippen LogP contribution in [0.4, 0.5) is 0 Å². The van der Waals surface area contributed by atoms with Gasteiger partial charge in [-0.3, -0.25) is 14.4 Å². The third-order valence-electron chi connectivity index (χ3n) is 4.04. The van der Waals surface area contributed by atoms with Gasteiger partial charge in [0.05, 0.1) is 11.8 Å². The van der Waals surface area contributed by atoms with E-state index in [4.69, 9.17) is 5.73 Å². The van der Waals surface area contributed by atoms with Crippen LogP contribution in [0.25, 0.3) is 0 Å². The minimum Gasteiger partial charge on any atom is -0.336 e. The van der Waals surface area contributed by atoms with Gasteiger partial charge in [0.1, 0.15) is 0 Å². The summed E-state index contributed by atoms with van der Waals surface area (Å²) in [5.41, 5.74) is 6.34. The number of nitrogens with two attached hydrogens (primary N) is 1. The maximum atomic E-state index is 12.3. The van der Waals surface area contributed by atoms with E-state index in [1.165, 1.54) is 0 Å². The van der Waals surface area contributed by atoms with Crippen molar-refractivity contribution in [1.29, 1.82) is 0 Å². The third kappa shape index (κ3) is 3.37. The van der Waals surface area contributed by atoms with Gasteiger partial charge in [0.15, 0.2) is 0 Å². The zero-order valence-corrected chi connectivity index (χ0v) is 12.5. The van der Waals surface area contributed by atoms with Crippen molar-refractivity contribution >= 4 is 5.91 Å². The lowest BCUT2D eigenvalue weighted by molar-refractivity contribution is 0.0557. The summed E-state index contributed by atoms with van der Waals surface area (Å²) < 4.78 is 1.66. The Bertz CT molecular complexity index is 437. The smallest absolute Gasteiger partial charge is 0.257 e.